The van der Waals surface area contributed by atoms with Crippen LogP contribution >= 0.6 is 6.04 Å². The van der Waals surface area contributed by atoms with E-state index in [1.165, 1.54) is 31.6 Å². The Kier molecular flexibility index (Phi) is 2.94. The second kappa shape index (κ2) is 3.36. The Hall–Kier alpha value is 0.650. The van der Waals surface area contributed by atoms with Gasteiger partial charge in [-0.1, -0.05) is 32.1 Å². The van der Waals surface area contributed by atoms with Gasteiger partial charge in [-0.2, -0.15) is 0 Å². The highest BCUT2D eigenvalue weighted by Crippen LogP contribution is 2.54. The van der Waals surface area contributed by atoms with Gasteiger partial charge in [-0.3, -0.25) is 0 Å². The van der Waals surface area contributed by atoms with Gasteiger partial charge in [0.1, 0.15) is 0 Å². The van der Waals surface area contributed by atoms with Gasteiger partial charge in [-0.05, 0) is 36.9 Å². The molecule has 1 rings (SSSR count). The Morgan fingerprint density at radius 3 is 1.90 bits per heavy atom. The summed E-state index contributed by atoms with van der Waals surface area (Å²) in [5.41, 5.74) is 0.808. The van der Waals surface area contributed by atoms with Gasteiger partial charge in [0, 0.05) is 0 Å². The molecule has 0 aliphatic carbocycles. The minimum Gasteiger partial charge on any atom is -0.0972 e. The van der Waals surface area contributed by atoms with E-state index in [-0.39, 0.29) is 0 Å². The van der Waals surface area contributed by atoms with Crippen molar-refractivity contribution in [3.63, 3.8) is 0 Å². The van der Waals surface area contributed by atoms with E-state index < -0.39 is 6.04 Å². The van der Waals surface area contributed by atoms with Gasteiger partial charge in [0.15, 0.2) is 0 Å². The normalized spacial score (nSPS) is 25.1. The van der Waals surface area contributed by atoms with Crippen molar-refractivity contribution in [3.8, 4) is 0 Å². The fourth-order valence-corrected chi connectivity index (χ4v) is 5.11. The van der Waals surface area contributed by atoms with Gasteiger partial charge in [0.25, 0.3) is 0 Å². The van der Waals surface area contributed by atoms with E-state index in [0.717, 1.165) is 5.66 Å². The summed E-state index contributed by atoms with van der Waals surface area (Å²) >= 11 is 5.69. The van der Waals surface area contributed by atoms with Crippen LogP contribution in [0.4, 0.5) is 0 Å². The summed E-state index contributed by atoms with van der Waals surface area (Å²) < 4.78 is 0. The average Bonchev–Trinajstić information content (AvgIpc) is 1.89. The number of hydrogen-bond donors (Lipinski definition) is 0. The Labute approximate surface area is 69.4 Å². The van der Waals surface area contributed by atoms with Crippen LogP contribution in [0.15, 0.2) is 0 Å². The molecule has 0 nitrogen and oxygen atoms in total. The molecular weight excluding hydrogens is 159 g/mol. The fourth-order valence-electron chi connectivity index (χ4n) is 1.56. The summed E-state index contributed by atoms with van der Waals surface area (Å²) in [5, 5.41) is 0. The van der Waals surface area contributed by atoms with E-state index in [1.807, 2.05) is 0 Å². The zero-order chi connectivity index (χ0) is 7.61. The van der Waals surface area contributed by atoms with Crippen molar-refractivity contribution in [3.05, 3.63) is 0 Å². The highest BCUT2D eigenvalue weighted by Gasteiger charge is 2.23. The van der Waals surface area contributed by atoms with E-state index in [4.69, 9.17) is 11.8 Å². The van der Waals surface area contributed by atoms with Gasteiger partial charge in [0.05, 0.1) is 0 Å². The molecule has 1 saturated heterocycles. The molecule has 0 saturated carbocycles. The van der Waals surface area contributed by atoms with Gasteiger partial charge in [-0.25, -0.2) is 0 Å². The highest BCUT2D eigenvalue weighted by atomic mass is 32.4. The monoisotopic (exact) mass is 176 g/mol. The number of hydrogen-bond acceptors (Lipinski definition) is 1. The summed E-state index contributed by atoms with van der Waals surface area (Å²) in [6.07, 6.45) is 7.04. The predicted octanol–water partition coefficient (Wildman–Crippen LogP) is 3.06. The van der Waals surface area contributed by atoms with Crippen LogP contribution in [0.25, 0.3) is 0 Å². The van der Waals surface area contributed by atoms with Crippen LogP contribution in [0.1, 0.15) is 33.1 Å². The lowest BCUT2D eigenvalue weighted by Crippen LogP contribution is -2.10. The van der Waals surface area contributed by atoms with Crippen molar-refractivity contribution >= 4 is 17.8 Å². The molecule has 0 bridgehead atoms. The topological polar surface area (TPSA) is 0 Å². The SMILES string of the molecule is CC(C)P1(=S)CCCCC1. The van der Waals surface area contributed by atoms with Crippen LogP contribution in [0.2, 0.25) is 0 Å². The Balaban J connectivity index is 2.57. The van der Waals surface area contributed by atoms with Crippen molar-refractivity contribution in [1.82, 2.24) is 0 Å². The standard InChI is InChI=1S/C8H17PS/c1-8(2)9(10)6-4-3-5-7-9/h8H,3-7H2,1-2H3. The zero-order valence-corrected chi connectivity index (χ0v) is 8.68. The molecule has 0 N–H and O–H groups in total. The van der Waals surface area contributed by atoms with Gasteiger partial charge in [0.2, 0.25) is 0 Å². The third-order valence-corrected chi connectivity index (χ3v) is 8.90. The maximum atomic E-state index is 5.69. The molecule has 1 aliphatic heterocycles. The van der Waals surface area contributed by atoms with Gasteiger partial charge < -0.3 is 0 Å². The molecule has 0 aromatic rings. The van der Waals surface area contributed by atoms with Crippen molar-refractivity contribution in [2.24, 2.45) is 0 Å². The van der Waals surface area contributed by atoms with E-state index in [1.54, 1.807) is 0 Å². The predicted molar refractivity (Wildman–Crippen MR) is 53.0 cm³/mol. The molecule has 0 spiro atoms. The summed E-state index contributed by atoms with van der Waals surface area (Å²) in [4.78, 5) is 0. The highest BCUT2D eigenvalue weighted by molar-refractivity contribution is 8.15. The first kappa shape index (κ1) is 8.74. The van der Waals surface area contributed by atoms with Crippen LogP contribution in [-0.4, -0.2) is 18.0 Å². The fraction of sp³-hybridized carbons (Fsp3) is 1.00. The summed E-state index contributed by atoms with van der Waals surface area (Å²) in [6, 6.07) is -0.852. The van der Waals surface area contributed by atoms with Crippen molar-refractivity contribution in [2.75, 3.05) is 12.3 Å². The molecule has 0 unspecified atom stereocenters. The van der Waals surface area contributed by atoms with E-state index in [2.05, 4.69) is 13.8 Å². The smallest absolute Gasteiger partial charge is 0.0175 e. The summed E-state index contributed by atoms with van der Waals surface area (Å²) in [5.74, 6) is 0. The molecule has 0 radical (unpaired) electrons. The largest absolute Gasteiger partial charge is 0.0972 e. The van der Waals surface area contributed by atoms with Gasteiger partial charge in [-0.15, -0.1) is 0 Å². The van der Waals surface area contributed by atoms with Crippen LogP contribution in [0, 0.1) is 0 Å². The lowest BCUT2D eigenvalue weighted by molar-refractivity contribution is 0.744. The molecule has 0 aromatic carbocycles. The van der Waals surface area contributed by atoms with Crippen LogP contribution in [0.3, 0.4) is 0 Å². The second-order valence-corrected chi connectivity index (χ2v) is 9.57. The first-order valence-electron chi connectivity index (χ1n) is 4.23. The molecule has 60 valence electrons. The molecule has 10 heavy (non-hydrogen) atoms. The Bertz CT molecular complexity index is 141. The lowest BCUT2D eigenvalue weighted by Gasteiger charge is -2.29. The molecule has 0 atom stereocenters. The van der Waals surface area contributed by atoms with Crippen LogP contribution in [0.5, 0.6) is 0 Å². The molecule has 0 amide bonds. The third kappa shape index (κ3) is 1.83. The maximum Gasteiger partial charge on any atom is -0.0175 e. The molecule has 1 aliphatic rings. The van der Waals surface area contributed by atoms with Crippen LogP contribution in [-0.2, 0) is 11.8 Å². The molecule has 0 aromatic heterocycles. The van der Waals surface area contributed by atoms with E-state index >= 15 is 0 Å². The van der Waals surface area contributed by atoms with E-state index in [9.17, 15) is 0 Å². The second-order valence-electron chi connectivity index (χ2n) is 3.55. The summed E-state index contributed by atoms with van der Waals surface area (Å²) in [7, 11) is 0. The third-order valence-electron chi connectivity index (χ3n) is 2.51. The average molecular weight is 176 g/mol. The Morgan fingerprint density at radius 1 is 1.10 bits per heavy atom. The number of rotatable bonds is 1. The first-order valence-corrected chi connectivity index (χ1v) is 7.47. The first-order chi connectivity index (χ1) is 4.65. The molecule has 1 heterocycles. The lowest BCUT2D eigenvalue weighted by atomic mass is 10.3. The summed E-state index contributed by atoms with van der Waals surface area (Å²) in [6.45, 7) is 4.62. The molecule has 2 heteroatoms. The maximum absolute atomic E-state index is 5.69. The van der Waals surface area contributed by atoms with Crippen molar-refractivity contribution in [1.29, 1.82) is 0 Å². The van der Waals surface area contributed by atoms with E-state index in [0.29, 0.717) is 0 Å². The molecular formula is C8H17PS. The van der Waals surface area contributed by atoms with Crippen LogP contribution < -0.4 is 0 Å². The Morgan fingerprint density at radius 2 is 1.60 bits per heavy atom. The minimum absolute atomic E-state index is 0.808. The quantitative estimate of drug-likeness (QED) is 0.553. The minimum atomic E-state index is -0.852. The molecule has 1 fully saturated rings. The van der Waals surface area contributed by atoms with Crippen molar-refractivity contribution in [2.45, 2.75) is 38.8 Å². The van der Waals surface area contributed by atoms with Gasteiger partial charge >= 0.3 is 0 Å². The van der Waals surface area contributed by atoms with Crippen molar-refractivity contribution < 1.29 is 0 Å². The zero-order valence-electron chi connectivity index (χ0n) is 6.97.